The monoisotopic (exact) mass is 348 g/mol. The lowest BCUT2D eigenvalue weighted by Crippen LogP contribution is -2.14. The third-order valence-corrected chi connectivity index (χ3v) is 4.10. The molecule has 2 aromatic carbocycles. The molecule has 0 radical (unpaired) electrons. The van der Waals surface area contributed by atoms with Crippen LogP contribution in [0.15, 0.2) is 35.8 Å². The molecule has 3 rings (SSSR count). The third kappa shape index (κ3) is 2.95. The number of aromatic nitrogens is 1. The molecule has 0 fully saturated rings. The maximum atomic E-state index is 13.9. The normalized spacial score (nSPS) is 10.6. The number of amides is 1. The number of nitrogens with one attached hydrogen (secondary N) is 1. The van der Waals surface area contributed by atoms with Gasteiger partial charge in [-0.3, -0.25) is 4.79 Å². The quantitative estimate of drug-likeness (QED) is 0.734. The number of hydrogen-bond donors (Lipinski definition) is 1. The van der Waals surface area contributed by atoms with Gasteiger partial charge in [0, 0.05) is 11.6 Å². The summed E-state index contributed by atoms with van der Waals surface area (Å²) in [6, 6.07) is 6.25. The van der Waals surface area contributed by atoms with E-state index in [2.05, 4.69) is 15.0 Å². The molecule has 0 saturated heterocycles. The highest BCUT2D eigenvalue weighted by Crippen LogP contribution is 2.23. The highest BCUT2D eigenvalue weighted by molar-refractivity contribution is 7.16. The summed E-state index contributed by atoms with van der Waals surface area (Å²) < 4.78 is 32.7. The van der Waals surface area contributed by atoms with Gasteiger partial charge in [-0.25, -0.2) is 18.6 Å². The summed E-state index contributed by atoms with van der Waals surface area (Å²) in [5.74, 6) is -3.61. The third-order valence-electron chi connectivity index (χ3n) is 3.30. The van der Waals surface area contributed by atoms with Crippen LogP contribution in [0.5, 0.6) is 0 Å². The van der Waals surface area contributed by atoms with Crippen molar-refractivity contribution < 1.29 is 23.1 Å². The van der Waals surface area contributed by atoms with Gasteiger partial charge >= 0.3 is 5.97 Å². The van der Waals surface area contributed by atoms with Crippen LogP contribution < -0.4 is 5.32 Å². The fourth-order valence-corrected chi connectivity index (χ4v) is 2.82. The number of carbonyl (C=O) groups is 2. The smallest absolute Gasteiger partial charge is 0.340 e. The standard InChI is InChI=1S/C16H10F2N2O3S/c1-23-16(22)9-5-13(11(18)6-10(9)17)20-15(21)8-2-3-12-14(4-8)24-7-19-12/h2-7H,1H3,(H,20,21). The first-order chi connectivity index (χ1) is 11.5. The Morgan fingerprint density at radius 2 is 1.96 bits per heavy atom. The molecule has 0 aliphatic carbocycles. The van der Waals surface area contributed by atoms with E-state index in [-0.39, 0.29) is 11.3 Å². The molecule has 1 heterocycles. The van der Waals surface area contributed by atoms with Gasteiger partial charge < -0.3 is 10.1 Å². The summed E-state index contributed by atoms with van der Waals surface area (Å²) in [5, 5.41) is 2.33. The molecule has 24 heavy (non-hydrogen) atoms. The van der Waals surface area contributed by atoms with Gasteiger partial charge in [0.15, 0.2) is 0 Å². The van der Waals surface area contributed by atoms with Gasteiger partial charge in [-0.05, 0) is 24.3 Å². The predicted octanol–water partition coefficient (Wildman–Crippen LogP) is 3.61. The highest BCUT2D eigenvalue weighted by atomic mass is 32.1. The Morgan fingerprint density at radius 3 is 2.71 bits per heavy atom. The van der Waals surface area contributed by atoms with Gasteiger partial charge in [-0.2, -0.15) is 0 Å². The predicted molar refractivity (Wildman–Crippen MR) is 85.3 cm³/mol. The van der Waals surface area contributed by atoms with Crippen molar-refractivity contribution >= 4 is 39.1 Å². The zero-order chi connectivity index (χ0) is 17.3. The molecule has 0 atom stereocenters. The zero-order valence-corrected chi connectivity index (χ0v) is 13.1. The van der Waals surface area contributed by atoms with Crippen LogP contribution in [-0.2, 0) is 4.74 Å². The minimum absolute atomic E-state index is 0.287. The minimum atomic E-state index is -1.07. The van der Waals surface area contributed by atoms with Crippen LogP contribution in [-0.4, -0.2) is 24.0 Å². The minimum Gasteiger partial charge on any atom is -0.465 e. The number of carbonyl (C=O) groups excluding carboxylic acids is 2. The molecule has 0 aliphatic rings. The first-order valence-corrected chi connectivity index (χ1v) is 7.59. The number of hydrogen-bond acceptors (Lipinski definition) is 5. The molecule has 0 saturated carbocycles. The van der Waals surface area contributed by atoms with Gasteiger partial charge in [-0.1, -0.05) is 0 Å². The Morgan fingerprint density at radius 1 is 1.17 bits per heavy atom. The number of fused-ring (bicyclic) bond motifs is 1. The molecule has 8 heteroatoms. The van der Waals surface area contributed by atoms with E-state index >= 15 is 0 Å². The van der Waals surface area contributed by atoms with Crippen LogP contribution in [0.2, 0.25) is 0 Å². The van der Waals surface area contributed by atoms with Crippen LogP contribution in [0.3, 0.4) is 0 Å². The average molecular weight is 348 g/mol. The van der Waals surface area contributed by atoms with Crippen molar-refractivity contribution in [3.8, 4) is 0 Å². The molecule has 5 nitrogen and oxygen atoms in total. The SMILES string of the molecule is COC(=O)c1cc(NC(=O)c2ccc3ncsc3c2)c(F)cc1F. The number of methoxy groups -OCH3 is 1. The molecular weight excluding hydrogens is 338 g/mol. The average Bonchev–Trinajstić information content (AvgIpc) is 3.04. The van der Waals surface area contributed by atoms with Crippen molar-refractivity contribution in [1.82, 2.24) is 4.98 Å². The summed E-state index contributed by atoms with van der Waals surface area (Å²) in [6.45, 7) is 0. The van der Waals surface area contributed by atoms with E-state index in [0.717, 1.165) is 23.4 Å². The number of benzene rings is 2. The van der Waals surface area contributed by atoms with E-state index in [4.69, 9.17) is 0 Å². The van der Waals surface area contributed by atoms with E-state index in [1.165, 1.54) is 11.3 Å². The first kappa shape index (κ1) is 16.0. The van der Waals surface area contributed by atoms with Gasteiger partial charge in [0.1, 0.15) is 11.6 Å². The van der Waals surface area contributed by atoms with Crippen LogP contribution in [0, 0.1) is 11.6 Å². The van der Waals surface area contributed by atoms with Crippen LogP contribution in [0.25, 0.3) is 10.2 Å². The van der Waals surface area contributed by atoms with E-state index in [0.29, 0.717) is 6.07 Å². The Kier molecular flexibility index (Phi) is 4.22. The van der Waals surface area contributed by atoms with Crippen LogP contribution in [0.1, 0.15) is 20.7 Å². The largest absolute Gasteiger partial charge is 0.465 e. The van der Waals surface area contributed by atoms with Crippen molar-refractivity contribution in [3.63, 3.8) is 0 Å². The maximum Gasteiger partial charge on any atom is 0.340 e. The van der Waals surface area contributed by atoms with E-state index in [1.54, 1.807) is 23.7 Å². The number of halogens is 2. The highest BCUT2D eigenvalue weighted by Gasteiger charge is 2.18. The second-order valence-corrected chi connectivity index (χ2v) is 5.68. The summed E-state index contributed by atoms with van der Waals surface area (Å²) in [4.78, 5) is 27.8. The number of thiazole rings is 1. The molecule has 0 aliphatic heterocycles. The topological polar surface area (TPSA) is 68.3 Å². The Balaban J connectivity index is 1.92. The first-order valence-electron chi connectivity index (χ1n) is 6.71. The van der Waals surface area contributed by atoms with Crippen LogP contribution in [0.4, 0.5) is 14.5 Å². The molecule has 1 N–H and O–H groups in total. The molecule has 1 amide bonds. The van der Waals surface area contributed by atoms with Crippen molar-refractivity contribution in [1.29, 1.82) is 0 Å². The summed E-state index contributed by atoms with van der Waals surface area (Å²) in [6.07, 6.45) is 0. The summed E-state index contributed by atoms with van der Waals surface area (Å²) >= 11 is 1.36. The Hall–Kier alpha value is -2.87. The van der Waals surface area contributed by atoms with Gasteiger partial charge in [0.25, 0.3) is 5.91 Å². The lowest BCUT2D eigenvalue weighted by Gasteiger charge is -2.09. The summed E-state index contributed by atoms with van der Waals surface area (Å²) in [5.41, 5.74) is 1.90. The van der Waals surface area contributed by atoms with E-state index in [9.17, 15) is 18.4 Å². The molecular formula is C16H10F2N2O3S. The van der Waals surface area contributed by atoms with Crippen molar-refractivity contribution in [2.75, 3.05) is 12.4 Å². The second-order valence-electron chi connectivity index (χ2n) is 4.79. The van der Waals surface area contributed by atoms with Crippen molar-refractivity contribution in [2.24, 2.45) is 0 Å². The second kappa shape index (κ2) is 6.32. The molecule has 122 valence electrons. The molecule has 0 unspecified atom stereocenters. The van der Waals surface area contributed by atoms with Gasteiger partial charge in [-0.15, -0.1) is 11.3 Å². The van der Waals surface area contributed by atoms with Crippen molar-refractivity contribution in [2.45, 2.75) is 0 Å². The number of anilines is 1. The lowest BCUT2D eigenvalue weighted by molar-refractivity contribution is 0.0595. The fourth-order valence-electron chi connectivity index (χ4n) is 2.10. The summed E-state index contributed by atoms with van der Waals surface area (Å²) in [7, 11) is 1.08. The fraction of sp³-hybridized carbons (Fsp3) is 0.0625. The Bertz CT molecular complexity index is 956. The number of ether oxygens (including phenoxy) is 1. The molecule has 0 bridgehead atoms. The van der Waals surface area contributed by atoms with E-state index in [1.807, 2.05) is 0 Å². The van der Waals surface area contributed by atoms with E-state index < -0.39 is 29.1 Å². The van der Waals surface area contributed by atoms with Gasteiger partial charge in [0.2, 0.25) is 0 Å². The Labute approximate surface area is 138 Å². The van der Waals surface area contributed by atoms with Crippen molar-refractivity contribution in [3.05, 3.63) is 58.6 Å². The zero-order valence-electron chi connectivity index (χ0n) is 12.3. The van der Waals surface area contributed by atoms with Crippen LogP contribution >= 0.6 is 11.3 Å². The molecule has 3 aromatic rings. The molecule has 0 spiro atoms. The maximum absolute atomic E-state index is 13.9. The lowest BCUT2D eigenvalue weighted by atomic mass is 10.1. The van der Waals surface area contributed by atoms with Gasteiger partial charge in [0.05, 0.1) is 34.1 Å². The number of nitrogens with zero attached hydrogens (tertiary/aromatic N) is 1. The number of esters is 1. The molecule has 1 aromatic heterocycles. The number of rotatable bonds is 3.